The Labute approximate surface area is 115 Å². The number of carboxylic acids is 2. The van der Waals surface area contributed by atoms with Gasteiger partial charge in [-0.15, -0.1) is 0 Å². The van der Waals surface area contributed by atoms with E-state index in [0.29, 0.717) is 12.2 Å². The van der Waals surface area contributed by atoms with Crippen molar-refractivity contribution in [3.05, 3.63) is 47.7 Å². The lowest BCUT2D eigenvalue weighted by atomic mass is 10.1. The molecule has 0 saturated carbocycles. The average molecular weight is 272 g/mol. The lowest BCUT2D eigenvalue weighted by Crippen LogP contribution is -2.37. The minimum atomic E-state index is -1.45. The van der Waals surface area contributed by atoms with Crippen LogP contribution in [0.15, 0.2) is 42.0 Å². The molecule has 0 aliphatic carbocycles. The van der Waals surface area contributed by atoms with Gasteiger partial charge in [-0.3, -0.25) is 0 Å². The Balaban J connectivity index is 2.68. The molecule has 1 aromatic heterocycles. The molecule has 2 rings (SSSR count). The van der Waals surface area contributed by atoms with Crippen LogP contribution in [-0.4, -0.2) is 22.2 Å². The standard InChI is InChI=1S/C15H13NO4/c1-2-16-11(9-12(14(17)18)15(19)20)8-7-10-5-3-4-6-13(10)16/h3-9H,2H2,1H3,(H-,17,18,19,20)/p+1. The van der Waals surface area contributed by atoms with E-state index in [1.807, 2.05) is 41.8 Å². The summed E-state index contributed by atoms with van der Waals surface area (Å²) in [5.74, 6) is -2.90. The predicted molar refractivity (Wildman–Crippen MR) is 73.1 cm³/mol. The second-order valence-corrected chi connectivity index (χ2v) is 4.23. The van der Waals surface area contributed by atoms with E-state index in [9.17, 15) is 9.59 Å². The zero-order chi connectivity index (χ0) is 14.7. The molecular formula is C15H14NO4+. The number of carboxylic acid groups (broad SMARTS) is 2. The molecule has 5 nitrogen and oxygen atoms in total. The largest absolute Gasteiger partial charge is 0.477 e. The van der Waals surface area contributed by atoms with Gasteiger partial charge in [0.15, 0.2) is 5.57 Å². The highest BCUT2D eigenvalue weighted by Crippen LogP contribution is 2.13. The number of para-hydroxylation sites is 1. The number of pyridine rings is 1. The van der Waals surface area contributed by atoms with E-state index in [1.54, 1.807) is 6.07 Å². The number of rotatable bonds is 4. The maximum absolute atomic E-state index is 11.0. The quantitative estimate of drug-likeness (QED) is 0.384. The average Bonchev–Trinajstić information content (AvgIpc) is 2.43. The van der Waals surface area contributed by atoms with Crippen molar-refractivity contribution < 1.29 is 24.4 Å². The Hall–Kier alpha value is -2.69. The van der Waals surface area contributed by atoms with Crippen molar-refractivity contribution >= 4 is 28.9 Å². The molecule has 0 atom stereocenters. The normalized spacial score (nSPS) is 10.2. The Morgan fingerprint density at radius 2 is 1.75 bits per heavy atom. The highest BCUT2D eigenvalue weighted by atomic mass is 16.4. The molecule has 2 aromatic rings. The summed E-state index contributed by atoms with van der Waals surface area (Å²) in [4.78, 5) is 21.9. The van der Waals surface area contributed by atoms with Crippen molar-refractivity contribution in [3.63, 3.8) is 0 Å². The van der Waals surface area contributed by atoms with Crippen LogP contribution in [0.3, 0.4) is 0 Å². The van der Waals surface area contributed by atoms with Gasteiger partial charge >= 0.3 is 11.9 Å². The number of hydrogen-bond donors (Lipinski definition) is 2. The molecule has 1 heterocycles. The first-order valence-corrected chi connectivity index (χ1v) is 6.14. The molecule has 0 bridgehead atoms. The van der Waals surface area contributed by atoms with Gasteiger partial charge in [-0.05, 0) is 19.1 Å². The third kappa shape index (κ3) is 2.51. The maximum Gasteiger partial charge on any atom is 0.343 e. The third-order valence-electron chi connectivity index (χ3n) is 3.04. The summed E-state index contributed by atoms with van der Waals surface area (Å²) in [6.07, 6.45) is 1.18. The summed E-state index contributed by atoms with van der Waals surface area (Å²) in [7, 11) is 0. The molecule has 2 N–H and O–H groups in total. The highest BCUT2D eigenvalue weighted by Gasteiger charge is 2.20. The van der Waals surface area contributed by atoms with E-state index in [4.69, 9.17) is 10.2 Å². The zero-order valence-corrected chi connectivity index (χ0v) is 10.9. The minimum absolute atomic E-state index is 0.547. The molecule has 0 spiro atoms. The van der Waals surface area contributed by atoms with Gasteiger partial charge in [0.2, 0.25) is 11.2 Å². The Morgan fingerprint density at radius 1 is 1.10 bits per heavy atom. The molecule has 102 valence electrons. The van der Waals surface area contributed by atoms with E-state index in [1.165, 1.54) is 6.08 Å². The Bertz CT molecular complexity index is 703. The van der Waals surface area contributed by atoms with Gasteiger partial charge in [0.05, 0.1) is 0 Å². The van der Waals surface area contributed by atoms with Crippen LogP contribution in [0.4, 0.5) is 0 Å². The van der Waals surface area contributed by atoms with Crippen LogP contribution in [0.1, 0.15) is 12.6 Å². The maximum atomic E-state index is 11.0. The van der Waals surface area contributed by atoms with Crippen molar-refractivity contribution in [2.45, 2.75) is 13.5 Å². The highest BCUT2D eigenvalue weighted by molar-refractivity contribution is 6.16. The summed E-state index contributed by atoms with van der Waals surface area (Å²) in [6, 6.07) is 11.2. The van der Waals surface area contributed by atoms with Crippen molar-refractivity contribution in [1.82, 2.24) is 0 Å². The van der Waals surface area contributed by atoms with Crippen LogP contribution in [0, 0.1) is 0 Å². The number of benzene rings is 1. The minimum Gasteiger partial charge on any atom is -0.477 e. The molecule has 0 unspecified atom stereocenters. The predicted octanol–water partition coefficient (Wildman–Crippen LogP) is 1.70. The van der Waals surface area contributed by atoms with E-state index in [-0.39, 0.29) is 0 Å². The first-order chi connectivity index (χ1) is 9.54. The molecule has 0 radical (unpaired) electrons. The van der Waals surface area contributed by atoms with Gasteiger partial charge in [-0.25, -0.2) is 9.59 Å². The number of hydrogen-bond acceptors (Lipinski definition) is 2. The number of carbonyl (C=O) groups is 2. The van der Waals surface area contributed by atoms with Crippen LogP contribution in [0.2, 0.25) is 0 Å². The summed E-state index contributed by atoms with van der Waals surface area (Å²) in [5.41, 5.74) is 0.826. The van der Waals surface area contributed by atoms with E-state index >= 15 is 0 Å². The molecule has 0 amide bonds. The molecular weight excluding hydrogens is 258 g/mol. The monoisotopic (exact) mass is 272 g/mol. The molecule has 0 fully saturated rings. The van der Waals surface area contributed by atoms with Crippen LogP contribution >= 0.6 is 0 Å². The van der Waals surface area contributed by atoms with Gasteiger partial charge in [-0.2, -0.15) is 4.57 Å². The number of fused-ring (bicyclic) bond motifs is 1. The van der Waals surface area contributed by atoms with Crippen molar-refractivity contribution in [2.75, 3.05) is 0 Å². The first-order valence-electron chi connectivity index (χ1n) is 6.14. The van der Waals surface area contributed by atoms with E-state index < -0.39 is 17.5 Å². The summed E-state index contributed by atoms with van der Waals surface area (Å²) >= 11 is 0. The third-order valence-corrected chi connectivity index (χ3v) is 3.04. The second kappa shape index (κ2) is 5.52. The fourth-order valence-electron chi connectivity index (χ4n) is 2.12. The van der Waals surface area contributed by atoms with Crippen molar-refractivity contribution in [2.24, 2.45) is 0 Å². The number of aryl methyl sites for hydroxylation is 1. The molecule has 20 heavy (non-hydrogen) atoms. The molecule has 0 aliphatic rings. The topological polar surface area (TPSA) is 78.5 Å². The molecule has 0 saturated heterocycles. The van der Waals surface area contributed by atoms with Gasteiger partial charge in [0, 0.05) is 23.6 Å². The van der Waals surface area contributed by atoms with Crippen molar-refractivity contribution in [3.8, 4) is 0 Å². The van der Waals surface area contributed by atoms with Gasteiger partial charge in [-0.1, -0.05) is 12.1 Å². The van der Waals surface area contributed by atoms with Crippen LogP contribution < -0.4 is 4.57 Å². The van der Waals surface area contributed by atoms with Crippen LogP contribution in [0.25, 0.3) is 17.0 Å². The fraction of sp³-hybridized carbons (Fsp3) is 0.133. The van der Waals surface area contributed by atoms with Crippen molar-refractivity contribution in [1.29, 1.82) is 0 Å². The Kier molecular flexibility index (Phi) is 3.79. The lowest BCUT2D eigenvalue weighted by molar-refractivity contribution is -0.669. The van der Waals surface area contributed by atoms with Gasteiger partial charge in [0.25, 0.3) is 0 Å². The summed E-state index contributed by atoms with van der Waals surface area (Å²) in [6.45, 7) is 2.53. The zero-order valence-electron chi connectivity index (χ0n) is 10.9. The van der Waals surface area contributed by atoms with E-state index in [0.717, 1.165) is 10.9 Å². The Morgan fingerprint density at radius 3 is 2.35 bits per heavy atom. The summed E-state index contributed by atoms with van der Waals surface area (Å²) in [5, 5.41) is 18.9. The molecule has 5 heteroatoms. The van der Waals surface area contributed by atoms with Gasteiger partial charge in [0.1, 0.15) is 6.54 Å². The van der Waals surface area contributed by atoms with Crippen LogP contribution in [-0.2, 0) is 16.1 Å². The van der Waals surface area contributed by atoms with Crippen LogP contribution in [0.5, 0.6) is 0 Å². The number of aliphatic carboxylic acids is 2. The van der Waals surface area contributed by atoms with Gasteiger partial charge < -0.3 is 10.2 Å². The fourth-order valence-corrected chi connectivity index (χ4v) is 2.12. The molecule has 0 aliphatic heterocycles. The van der Waals surface area contributed by atoms with E-state index in [2.05, 4.69) is 0 Å². The second-order valence-electron chi connectivity index (χ2n) is 4.23. The SMILES string of the molecule is CC[n+]1c(C=C(C(=O)O)C(=O)O)ccc2ccccc21. The smallest absolute Gasteiger partial charge is 0.343 e. The number of nitrogens with zero attached hydrogens (tertiary/aromatic N) is 1. The number of aromatic nitrogens is 1. The lowest BCUT2D eigenvalue weighted by Gasteiger charge is -2.03. The molecule has 1 aromatic carbocycles. The first kappa shape index (κ1) is 13.7. The summed E-state index contributed by atoms with van der Waals surface area (Å²) < 4.78 is 1.88.